The predicted octanol–water partition coefficient (Wildman–Crippen LogP) is 5.48. The molecule has 1 atom stereocenters. The van der Waals surface area contributed by atoms with Crippen LogP contribution >= 0.6 is 0 Å². The van der Waals surface area contributed by atoms with Crippen LogP contribution in [0.25, 0.3) is 0 Å². The summed E-state index contributed by atoms with van der Waals surface area (Å²) in [6.45, 7) is 2.39. The molecule has 7 heteroatoms. The number of carbonyl (C=O) groups excluding carboxylic acids is 2. The molecule has 196 valence electrons. The van der Waals surface area contributed by atoms with E-state index >= 15 is 0 Å². The number of benzene rings is 2. The highest BCUT2D eigenvalue weighted by molar-refractivity contribution is 5.96. The van der Waals surface area contributed by atoms with Crippen LogP contribution in [0.3, 0.4) is 0 Å². The summed E-state index contributed by atoms with van der Waals surface area (Å²) < 4.78 is 16.4. The summed E-state index contributed by atoms with van der Waals surface area (Å²) in [4.78, 5) is 29.4. The van der Waals surface area contributed by atoms with Gasteiger partial charge in [-0.2, -0.15) is 0 Å². The van der Waals surface area contributed by atoms with Crippen LogP contribution in [-0.2, 0) is 11.2 Å². The van der Waals surface area contributed by atoms with Gasteiger partial charge < -0.3 is 24.1 Å². The molecule has 1 aromatic heterocycles. The molecule has 37 heavy (non-hydrogen) atoms. The van der Waals surface area contributed by atoms with E-state index in [1.165, 1.54) is 12.7 Å². The maximum atomic E-state index is 14.0. The second-order valence-electron chi connectivity index (χ2n) is 9.51. The van der Waals surface area contributed by atoms with Crippen LogP contribution in [0.1, 0.15) is 65.4 Å². The van der Waals surface area contributed by atoms with Crippen molar-refractivity contribution in [1.29, 1.82) is 0 Å². The Labute approximate surface area is 218 Å². The molecule has 1 fully saturated rings. The Bertz CT molecular complexity index is 1180. The first-order valence-electron chi connectivity index (χ1n) is 12.9. The van der Waals surface area contributed by atoms with Crippen LogP contribution in [0.5, 0.6) is 11.5 Å². The molecule has 0 aliphatic heterocycles. The zero-order valence-corrected chi connectivity index (χ0v) is 21.9. The monoisotopic (exact) mass is 504 g/mol. The fourth-order valence-electron chi connectivity index (χ4n) is 5.04. The molecule has 1 saturated carbocycles. The molecule has 0 spiro atoms. The normalized spacial score (nSPS) is 14.6. The first-order chi connectivity index (χ1) is 18.0. The number of aryl methyl sites for hydroxylation is 1. The number of amides is 2. The van der Waals surface area contributed by atoms with Crippen LogP contribution < -0.4 is 14.8 Å². The standard InChI is InChI=1S/C30H36N2O5/c1-21-10-7-8-11-22(21)17-18-32(30(34)26-14-9-19-37-26)28(29(33)31-24-12-5-4-6-13-24)23-15-16-25(35-2)27(20-23)36-3/h7-11,14-16,19-20,24,28H,4-6,12-13,17-18H2,1-3H3,(H,31,33). The molecule has 3 aromatic rings. The molecule has 1 unspecified atom stereocenters. The maximum Gasteiger partial charge on any atom is 0.290 e. The molecule has 1 heterocycles. The highest BCUT2D eigenvalue weighted by Crippen LogP contribution is 2.33. The Kier molecular flexibility index (Phi) is 8.88. The minimum atomic E-state index is -0.872. The van der Waals surface area contributed by atoms with Crippen molar-refractivity contribution < 1.29 is 23.5 Å². The fraction of sp³-hybridized carbons (Fsp3) is 0.400. The smallest absolute Gasteiger partial charge is 0.290 e. The third-order valence-corrected chi connectivity index (χ3v) is 7.11. The van der Waals surface area contributed by atoms with Crippen molar-refractivity contribution in [3.05, 3.63) is 83.3 Å². The van der Waals surface area contributed by atoms with Crippen molar-refractivity contribution in [2.75, 3.05) is 20.8 Å². The molecular weight excluding hydrogens is 468 g/mol. The van der Waals surface area contributed by atoms with Crippen molar-refractivity contribution in [2.24, 2.45) is 0 Å². The van der Waals surface area contributed by atoms with Gasteiger partial charge in [0, 0.05) is 12.6 Å². The van der Waals surface area contributed by atoms with E-state index < -0.39 is 6.04 Å². The van der Waals surface area contributed by atoms with Gasteiger partial charge in [0.1, 0.15) is 6.04 Å². The van der Waals surface area contributed by atoms with Gasteiger partial charge in [0.25, 0.3) is 5.91 Å². The van der Waals surface area contributed by atoms with Gasteiger partial charge in [0.05, 0.1) is 20.5 Å². The number of methoxy groups -OCH3 is 2. The molecule has 2 aromatic carbocycles. The summed E-state index contributed by atoms with van der Waals surface area (Å²) in [7, 11) is 3.13. The number of furan rings is 1. The number of ether oxygens (including phenoxy) is 2. The van der Waals surface area contributed by atoms with Crippen molar-refractivity contribution in [3.8, 4) is 11.5 Å². The molecule has 4 rings (SSSR count). The highest BCUT2D eigenvalue weighted by atomic mass is 16.5. The SMILES string of the molecule is COc1ccc(C(C(=O)NC2CCCCC2)N(CCc2ccccc2C)C(=O)c2ccco2)cc1OC. The van der Waals surface area contributed by atoms with Crippen molar-refractivity contribution in [2.45, 2.75) is 57.5 Å². The summed E-state index contributed by atoms with van der Waals surface area (Å²) in [5.74, 6) is 0.711. The fourth-order valence-corrected chi connectivity index (χ4v) is 5.04. The highest BCUT2D eigenvalue weighted by Gasteiger charge is 2.35. The Morgan fingerprint density at radius 3 is 2.43 bits per heavy atom. The van der Waals surface area contributed by atoms with Crippen LogP contribution in [0.4, 0.5) is 0 Å². The lowest BCUT2D eigenvalue weighted by Crippen LogP contribution is -2.47. The lowest BCUT2D eigenvalue weighted by atomic mass is 9.94. The molecule has 1 aliphatic rings. The Morgan fingerprint density at radius 2 is 1.76 bits per heavy atom. The molecular formula is C30H36N2O5. The van der Waals surface area contributed by atoms with Gasteiger partial charge in [-0.3, -0.25) is 9.59 Å². The maximum absolute atomic E-state index is 14.0. The summed E-state index contributed by atoms with van der Waals surface area (Å²) in [6.07, 6.45) is 7.33. The van der Waals surface area contributed by atoms with E-state index in [-0.39, 0.29) is 23.6 Å². The van der Waals surface area contributed by atoms with E-state index in [2.05, 4.69) is 24.4 Å². The number of hydrogen-bond donors (Lipinski definition) is 1. The van der Waals surface area contributed by atoms with Crippen LogP contribution in [0, 0.1) is 6.92 Å². The first kappa shape index (κ1) is 26.3. The molecule has 2 amide bonds. The van der Waals surface area contributed by atoms with Crippen molar-refractivity contribution in [1.82, 2.24) is 10.2 Å². The second kappa shape index (κ2) is 12.5. The second-order valence-corrected chi connectivity index (χ2v) is 9.51. The molecule has 1 N–H and O–H groups in total. The van der Waals surface area contributed by atoms with E-state index in [1.54, 1.807) is 43.4 Å². The van der Waals surface area contributed by atoms with E-state index in [0.717, 1.165) is 36.8 Å². The largest absolute Gasteiger partial charge is 0.493 e. The van der Waals surface area contributed by atoms with Gasteiger partial charge in [0.15, 0.2) is 17.3 Å². The number of nitrogens with zero attached hydrogens (tertiary/aromatic N) is 1. The molecule has 0 radical (unpaired) electrons. The Balaban J connectivity index is 1.73. The lowest BCUT2D eigenvalue weighted by Gasteiger charge is -2.33. The minimum Gasteiger partial charge on any atom is -0.493 e. The average molecular weight is 505 g/mol. The molecule has 1 aliphatic carbocycles. The van der Waals surface area contributed by atoms with Crippen LogP contribution in [-0.4, -0.2) is 43.5 Å². The summed E-state index contributed by atoms with van der Waals surface area (Å²) in [6, 6.07) is 16.0. The number of rotatable bonds is 10. The van der Waals surface area contributed by atoms with E-state index in [0.29, 0.717) is 30.0 Å². The number of carbonyl (C=O) groups is 2. The third kappa shape index (κ3) is 6.34. The van der Waals surface area contributed by atoms with E-state index in [1.807, 2.05) is 18.2 Å². The van der Waals surface area contributed by atoms with Gasteiger partial charge in [-0.25, -0.2) is 0 Å². The summed E-state index contributed by atoms with van der Waals surface area (Å²) >= 11 is 0. The van der Waals surface area contributed by atoms with E-state index in [9.17, 15) is 9.59 Å². The lowest BCUT2D eigenvalue weighted by molar-refractivity contribution is -0.126. The Hall–Kier alpha value is -3.74. The molecule has 0 bridgehead atoms. The van der Waals surface area contributed by atoms with Crippen molar-refractivity contribution in [3.63, 3.8) is 0 Å². The first-order valence-corrected chi connectivity index (χ1v) is 12.9. The summed E-state index contributed by atoms with van der Waals surface area (Å²) in [5, 5.41) is 3.24. The zero-order chi connectivity index (χ0) is 26.2. The van der Waals surface area contributed by atoms with Crippen LogP contribution in [0.15, 0.2) is 65.3 Å². The van der Waals surface area contributed by atoms with E-state index in [4.69, 9.17) is 13.9 Å². The van der Waals surface area contributed by atoms with Gasteiger partial charge in [-0.1, -0.05) is 49.6 Å². The number of hydrogen-bond acceptors (Lipinski definition) is 5. The van der Waals surface area contributed by atoms with Crippen molar-refractivity contribution >= 4 is 11.8 Å². The van der Waals surface area contributed by atoms with Gasteiger partial charge >= 0.3 is 0 Å². The average Bonchev–Trinajstić information content (AvgIpc) is 3.47. The van der Waals surface area contributed by atoms with Crippen LogP contribution in [0.2, 0.25) is 0 Å². The topological polar surface area (TPSA) is 81.0 Å². The van der Waals surface area contributed by atoms with Gasteiger partial charge in [-0.05, 0) is 67.1 Å². The molecule has 0 saturated heterocycles. The summed E-state index contributed by atoms with van der Waals surface area (Å²) in [5.41, 5.74) is 2.91. The Morgan fingerprint density at radius 1 is 1.00 bits per heavy atom. The number of nitrogens with one attached hydrogen (secondary N) is 1. The quantitative estimate of drug-likeness (QED) is 0.395. The van der Waals surface area contributed by atoms with Gasteiger partial charge in [0.2, 0.25) is 5.91 Å². The predicted molar refractivity (Wildman–Crippen MR) is 142 cm³/mol. The minimum absolute atomic E-state index is 0.0980. The van der Waals surface area contributed by atoms with Gasteiger partial charge in [-0.15, -0.1) is 0 Å². The molecule has 7 nitrogen and oxygen atoms in total. The zero-order valence-electron chi connectivity index (χ0n) is 21.9. The third-order valence-electron chi connectivity index (χ3n) is 7.11.